The number of hydrogen-bond donors (Lipinski definition) is 1. The lowest BCUT2D eigenvalue weighted by atomic mass is 10.0. The van der Waals surface area contributed by atoms with E-state index < -0.39 is 5.97 Å². The predicted molar refractivity (Wildman–Crippen MR) is 209 cm³/mol. The van der Waals surface area contributed by atoms with Crippen molar-refractivity contribution in [3.63, 3.8) is 0 Å². The molecule has 0 aliphatic carbocycles. The molecule has 280 valence electrons. The fourth-order valence-corrected chi connectivity index (χ4v) is 6.23. The van der Waals surface area contributed by atoms with E-state index in [4.69, 9.17) is 9.84 Å². The van der Waals surface area contributed by atoms with Gasteiger partial charge in [-0.25, -0.2) is 0 Å². The molecule has 0 bridgehead atoms. The Morgan fingerprint density at radius 1 is 0.479 bits per heavy atom. The molecule has 0 aliphatic rings. The zero-order valence-electron chi connectivity index (χ0n) is 32.0. The number of ether oxygens (including phenoxy) is 1. The molecular weight excluding hydrogens is 592 g/mol. The maximum Gasteiger partial charge on any atom is 0.306 e. The second-order valence-corrected chi connectivity index (χ2v) is 14.2. The maximum absolute atomic E-state index is 12.6. The Bertz CT molecular complexity index is 768. The van der Waals surface area contributed by atoms with E-state index in [1.165, 1.54) is 135 Å². The summed E-state index contributed by atoms with van der Waals surface area (Å²) in [5.74, 6) is -0.781. The van der Waals surface area contributed by atoms with E-state index in [0.717, 1.165) is 64.2 Å². The van der Waals surface area contributed by atoms with Crippen molar-refractivity contribution in [1.29, 1.82) is 0 Å². The molecule has 4 heteroatoms. The van der Waals surface area contributed by atoms with E-state index in [9.17, 15) is 9.59 Å². The van der Waals surface area contributed by atoms with Crippen LogP contribution in [0.4, 0.5) is 0 Å². The molecule has 0 spiro atoms. The molecule has 0 aromatic rings. The molecule has 0 saturated heterocycles. The lowest BCUT2D eigenvalue weighted by molar-refractivity contribution is -0.147. The SMILES string of the molecule is CCCCC/C=C\C/C=C\C/C=C\C(CCCCCCCC(=O)O)OC(=O)CCCCCCCCCCCCCCCCCCCCC. The van der Waals surface area contributed by atoms with Gasteiger partial charge in [0.1, 0.15) is 6.10 Å². The predicted octanol–water partition coefficient (Wildman–Crippen LogP) is 14.6. The van der Waals surface area contributed by atoms with Crippen molar-refractivity contribution >= 4 is 11.9 Å². The molecule has 0 radical (unpaired) electrons. The Balaban J connectivity index is 4.02. The first kappa shape index (κ1) is 46.2. The number of carbonyl (C=O) groups excluding carboxylic acids is 1. The number of unbranched alkanes of at least 4 members (excludes halogenated alkanes) is 25. The number of carboxylic acid groups (broad SMARTS) is 1. The van der Waals surface area contributed by atoms with Crippen molar-refractivity contribution in [1.82, 2.24) is 0 Å². The highest BCUT2D eigenvalue weighted by atomic mass is 16.5. The van der Waals surface area contributed by atoms with Crippen LogP contribution < -0.4 is 0 Å². The molecule has 0 aliphatic heterocycles. The zero-order valence-corrected chi connectivity index (χ0v) is 32.0. The van der Waals surface area contributed by atoms with Gasteiger partial charge in [0.05, 0.1) is 0 Å². The third-order valence-electron chi connectivity index (χ3n) is 9.35. The summed E-state index contributed by atoms with van der Waals surface area (Å²) in [6, 6.07) is 0. The van der Waals surface area contributed by atoms with Gasteiger partial charge < -0.3 is 9.84 Å². The van der Waals surface area contributed by atoms with Gasteiger partial charge >= 0.3 is 11.9 Å². The van der Waals surface area contributed by atoms with Gasteiger partial charge in [0.15, 0.2) is 0 Å². The fraction of sp³-hybridized carbons (Fsp3) is 0.818. The molecule has 0 rings (SSSR count). The second kappa shape index (κ2) is 39.6. The second-order valence-electron chi connectivity index (χ2n) is 14.2. The van der Waals surface area contributed by atoms with Crippen molar-refractivity contribution in [3.05, 3.63) is 36.5 Å². The molecule has 4 nitrogen and oxygen atoms in total. The minimum absolute atomic E-state index is 0.0677. The summed E-state index contributed by atoms with van der Waals surface area (Å²) in [5, 5.41) is 8.81. The molecule has 1 unspecified atom stereocenters. The van der Waals surface area contributed by atoms with Crippen molar-refractivity contribution < 1.29 is 19.4 Å². The van der Waals surface area contributed by atoms with E-state index in [2.05, 4.69) is 50.3 Å². The van der Waals surface area contributed by atoms with E-state index in [-0.39, 0.29) is 18.5 Å². The van der Waals surface area contributed by atoms with Crippen LogP contribution in [0.2, 0.25) is 0 Å². The van der Waals surface area contributed by atoms with Gasteiger partial charge in [-0.05, 0) is 57.4 Å². The third kappa shape index (κ3) is 38.6. The fourth-order valence-electron chi connectivity index (χ4n) is 6.23. The first-order valence-electron chi connectivity index (χ1n) is 21.0. The van der Waals surface area contributed by atoms with E-state index in [1.54, 1.807) is 0 Å². The number of hydrogen-bond acceptors (Lipinski definition) is 3. The van der Waals surface area contributed by atoms with Crippen LogP contribution in [0.25, 0.3) is 0 Å². The number of allylic oxidation sites excluding steroid dienone is 5. The Morgan fingerprint density at radius 3 is 1.38 bits per heavy atom. The summed E-state index contributed by atoms with van der Waals surface area (Å²) in [6.07, 6.45) is 51.9. The highest BCUT2D eigenvalue weighted by Crippen LogP contribution is 2.16. The zero-order chi connectivity index (χ0) is 35.0. The van der Waals surface area contributed by atoms with E-state index in [1.807, 2.05) is 0 Å². The summed E-state index contributed by atoms with van der Waals surface area (Å²) in [6.45, 7) is 4.52. The van der Waals surface area contributed by atoms with Gasteiger partial charge in [-0.1, -0.05) is 192 Å². The summed E-state index contributed by atoms with van der Waals surface area (Å²) < 4.78 is 5.90. The number of carbonyl (C=O) groups is 2. The number of carboxylic acids is 1. The van der Waals surface area contributed by atoms with Crippen molar-refractivity contribution in [2.24, 2.45) is 0 Å². The van der Waals surface area contributed by atoms with Gasteiger partial charge in [-0.3, -0.25) is 9.59 Å². The van der Waals surface area contributed by atoms with Crippen LogP contribution in [0.15, 0.2) is 36.5 Å². The van der Waals surface area contributed by atoms with Crippen LogP contribution >= 0.6 is 0 Å². The van der Waals surface area contributed by atoms with Gasteiger partial charge in [0.2, 0.25) is 0 Å². The molecule has 0 aromatic heterocycles. The van der Waals surface area contributed by atoms with Crippen LogP contribution in [0.5, 0.6) is 0 Å². The summed E-state index contributed by atoms with van der Waals surface area (Å²) >= 11 is 0. The van der Waals surface area contributed by atoms with Crippen molar-refractivity contribution in [2.75, 3.05) is 0 Å². The Labute approximate surface area is 299 Å². The lowest BCUT2D eigenvalue weighted by Crippen LogP contribution is -2.16. The van der Waals surface area contributed by atoms with Crippen LogP contribution in [0.1, 0.15) is 226 Å². The Morgan fingerprint density at radius 2 is 0.875 bits per heavy atom. The molecule has 0 heterocycles. The van der Waals surface area contributed by atoms with Crippen molar-refractivity contribution in [2.45, 2.75) is 232 Å². The lowest BCUT2D eigenvalue weighted by Gasteiger charge is -2.14. The number of rotatable bonds is 38. The molecular formula is C44H80O4. The van der Waals surface area contributed by atoms with Crippen LogP contribution in [-0.2, 0) is 14.3 Å². The normalized spacial score (nSPS) is 12.5. The minimum atomic E-state index is -0.714. The molecule has 0 amide bonds. The Kier molecular flexibility index (Phi) is 38.1. The topological polar surface area (TPSA) is 63.6 Å². The van der Waals surface area contributed by atoms with Crippen molar-refractivity contribution in [3.8, 4) is 0 Å². The number of esters is 1. The molecule has 1 N–H and O–H groups in total. The maximum atomic E-state index is 12.6. The van der Waals surface area contributed by atoms with E-state index >= 15 is 0 Å². The third-order valence-corrected chi connectivity index (χ3v) is 9.35. The molecule has 48 heavy (non-hydrogen) atoms. The monoisotopic (exact) mass is 673 g/mol. The first-order chi connectivity index (χ1) is 23.6. The highest BCUT2D eigenvalue weighted by molar-refractivity contribution is 5.69. The van der Waals surface area contributed by atoms with Crippen LogP contribution in [-0.4, -0.2) is 23.1 Å². The highest BCUT2D eigenvalue weighted by Gasteiger charge is 2.11. The smallest absolute Gasteiger partial charge is 0.306 e. The van der Waals surface area contributed by atoms with Gasteiger partial charge in [-0.15, -0.1) is 0 Å². The average molecular weight is 673 g/mol. The molecule has 0 aromatic carbocycles. The Hall–Kier alpha value is -1.84. The summed E-state index contributed by atoms with van der Waals surface area (Å²) in [5.41, 5.74) is 0. The van der Waals surface area contributed by atoms with Crippen LogP contribution in [0.3, 0.4) is 0 Å². The summed E-state index contributed by atoms with van der Waals surface area (Å²) in [7, 11) is 0. The molecule has 0 fully saturated rings. The minimum Gasteiger partial charge on any atom is -0.481 e. The van der Waals surface area contributed by atoms with Gasteiger partial charge in [0.25, 0.3) is 0 Å². The average Bonchev–Trinajstić information content (AvgIpc) is 3.07. The van der Waals surface area contributed by atoms with Gasteiger partial charge in [0, 0.05) is 12.8 Å². The van der Waals surface area contributed by atoms with E-state index in [0.29, 0.717) is 6.42 Å². The first-order valence-corrected chi connectivity index (χ1v) is 21.0. The summed E-state index contributed by atoms with van der Waals surface area (Å²) in [4.78, 5) is 23.4. The molecule has 1 atom stereocenters. The quantitative estimate of drug-likeness (QED) is 0.0403. The largest absolute Gasteiger partial charge is 0.481 e. The standard InChI is InChI=1S/C44H80O4/c1-3-5-7-9-11-13-15-16-17-18-19-20-21-22-24-26-28-33-37-41-44(47)48-42(39-35-31-29-32-36-40-43(45)46)38-34-30-27-25-23-14-12-10-8-6-4-2/h12,14,25,27,34,38,42H,3-11,13,15-24,26,28-33,35-37,39-41H2,1-2H3,(H,45,46)/b14-12-,27-25-,38-34-. The molecule has 0 saturated carbocycles. The van der Waals surface area contributed by atoms with Gasteiger partial charge in [-0.2, -0.15) is 0 Å². The van der Waals surface area contributed by atoms with Crippen LogP contribution in [0, 0.1) is 0 Å². The number of aliphatic carboxylic acids is 1.